The van der Waals surface area contributed by atoms with Crippen molar-refractivity contribution in [1.29, 1.82) is 0 Å². The monoisotopic (exact) mass is 283 g/mol. The molecule has 0 aromatic heterocycles. The summed E-state index contributed by atoms with van der Waals surface area (Å²) in [6.45, 7) is 1.48. The standard InChI is InChI=1S/C17H17NO3/c1-12(19)18-15-7-5-13(6-8-15)3-4-14-9-16(20)11-17(10-14)21-2/h3-11,20H,1-2H3,(H,18,19)/b4-3+. The number of carbonyl (C=O) groups excluding carboxylic acids is 1. The molecule has 0 spiro atoms. The van der Waals surface area contributed by atoms with Gasteiger partial charge in [-0.2, -0.15) is 0 Å². The molecule has 21 heavy (non-hydrogen) atoms. The van der Waals surface area contributed by atoms with Crippen LogP contribution in [-0.2, 0) is 4.79 Å². The molecule has 0 aliphatic rings. The van der Waals surface area contributed by atoms with Crippen LogP contribution in [0, 0.1) is 0 Å². The molecule has 0 saturated heterocycles. The summed E-state index contributed by atoms with van der Waals surface area (Å²) in [5.41, 5.74) is 2.60. The Morgan fingerprint density at radius 3 is 2.38 bits per heavy atom. The molecule has 4 heteroatoms. The van der Waals surface area contributed by atoms with Crippen LogP contribution < -0.4 is 10.1 Å². The fourth-order valence-corrected chi connectivity index (χ4v) is 1.89. The highest BCUT2D eigenvalue weighted by Gasteiger charge is 1.98. The van der Waals surface area contributed by atoms with Crippen LogP contribution in [0.2, 0.25) is 0 Å². The number of ether oxygens (including phenoxy) is 1. The molecule has 0 aliphatic heterocycles. The van der Waals surface area contributed by atoms with Crippen LogP contribution in [0.4, 0.5) is 5.69 Å². The van der Waals surface area contributed by atoms with E-state index >= 15 is 0 Å². The average molecular weight is 283 g/mol. The predicted octanol–water partition coefficient (Wildman–Crippen LogP) is 3.53. The number of aromatic hydroxyl groups is 1. The fourth-order valence-electron chi connectivity index (χ4n) is 1.89. The minimum absolute atomic E-state index is 0.0925. The second kappa shape index (κ2) is 6.61. The Hall–Kier alpha value is -2.75. The summed E-state index contributed by atoms with van der Waals surface area (Å²) in [4.78, 5) is 10.9. The number of rotatable bonds is 4. The van der Waals surface area contributed by atoms with E-state index < -0.39 is 0 Å². The molecule has 0 saturated carbocycles. The van der Waals surface area contributed by atoms with E-state index in [-0.39, 0.29) is 11.7 Å². The van der Waals surface area contributed by atoms with Crippen LogP contribution in [0.25, 0.3) is 12.2 Å². The van der Waals surface area contributed by atoms with Crippen LogP contribution in [0.5, 0.6) is 11.5 Å². The van der Waals surface area contributed by atoms with Gasteiger partial charge in [0.1, 0.15) is 11.5 Å². The number of methoxy groups -OCH3 is 1. The lowest BCUT2D eigenvalue weighted by Crippen LogP contribution is -2.05. The van der Waals surface area contributed by atoms with Gasteiger partial charge in [-0.15, -0.1) is 0 Å². The van der Waals surface area contributed by atoms with Crippen molar-refractivity contribution in [2.45, 2.75) is 6.92 Å². The van der Waals surface area contributed by atoms with Crippen LogP contribution in [-0.4, -0.2) is 18.1 Å². The first kappa shape index (κ1) is 14.7. The van der Waals surface area contributed by atoms with Crippen molar-refractivity contribution < 1.29 is 14.6 Å². The highest BCUT2D eigenvalue weighted by molar-refractivity contribution is 5.88. The molecule has 0 radical (unpaired) electrons. The van der Waals surface area contributed by atoms with Gasteiger partial charge in [0.05, 0.1) is 7.11 Å². The van der Waals surface area contributed by atoms with Crippen molar-refractivity contribution >= 4 is 23.7 Å². The van der Waals surface area contributed by atoms with Crippen LogP contribution in [0.3, 0.4) is 0 Å². The second-order valence-electron chi connectivity index (χ2n) is 4.60. The van der Waals surface area contributed by atoms with Crippen LogP contribution in [0.1, 0.15) is 18.1 Å². The van der Waals surface area contributed by atoms with E-state index in [1.54, 1.807) is 19.2 Å². The van der Waals surface area contributed by atoms with E-state index in [4.69, 9.17) is 4.74 Å². The molecular formula is C17H17NO3. The summed E-state index contributed by atoms with van der Waals surface area (Å²) in [5, 5.41) is 12.3. The minimum atomic E-state index is -0.0925. The summed E-state index contributed by atoms with van der Waals surface area (Å²) in [7, 11) is 1.56. The van der Waals surface area contributed by atoms with Gasteiger partial charge in [0.15, 0.2) is 0 Å². The summed E-state index contributed by atoms with van der Waals surface area (Å²) in [5.74, 6) is 0.677. The Labute approximate surface area is 123 Å². The first-order valence-corrected chi connectivity index (χ1v) is 6.50. The van der Waals surface area contributed by atoms with E-state index in [1.165, 1.54) is 6.92 Å². The maximum Gasteiger partial charge on any atom is 0.221 e. The Bertz CT molecular complexity index is 660. The second-order valence-corrected chi connectivity index (χ2v) is 4.60. The number of phenolic OH excluding ortho intramolecular Hbond substituents is 1. The smallest absolute Gasteiger partial charge is 0.221 e. The molecular weight excluding hydrogens is 266 g/mol. The zero-order chi connectivity index (χ0) is 15.2. The molecule has 2 N–H and O–H groups in total. The van der Waals surface area contributed by atoms with E-state index in [0.29, 0.717) is 5.75 Å². The van der Waals surface area contributed by atoms with Crippen molar-refractivity contribution in [2.75, 3.05) is 12.4 Å². The van der Waals surface area contributed by atoms with Gasteiger partial charge in [0.25, 0.3) is 0 Å². The van der Waals surface area contributed by atoms with E-state index in [0.717, 1.165) is 16.8 Å². The van der Waals surface area contributed by atoms with Crippen molar-refractivity contribution in [3.05, 3.63) is 53.6 Å². The van der Waals surface area contributed by atoms with Crippen LogP contribution >= 0.6 is 0 Å². The third-order valence-corrected chi connectivity index (χ3v) is 2.85. The molecule has 0 atom stereocenters. The highest BCUT2D eigenvalue weighted by atomic mass is 16.5. The maximum atomic E-state index is 10.9. The van der Waals surface area contributed by atoms with E-state index in [1.807, 2.05) is 42.5 Å². The minimum Gasteiger partial charge on any atom is -0.508 e. The third kappa shape index (κ3) is 4.38. The summed E-state index contributed by atoms with van der Waals surface area (Å²) in [6.07, 6.45) is 3.81. The molecule has 0 heterocycles. The van der Waals surface area contributed by atoms with Crippen molar-refractivity contribution in [3.63, 3.8) is 0 Å². The van der Waals surface area contributed by atoms with Crippen molar-refractivity contribution in [2.24, 2.45) is 0 Å². The fraction of sp³-hybridized carbons (Fsp3) is 0.118. The molecule has 0 fully saturated rings. The topological polar surface area (TPSA) is 58.6 Å². The summed E-state index contributed by atoms with van der Waals surface area (Å²) >= 11 is 0. The molecule has 2 rings (SSSR count). The van der Waals surface area contributed by atoms with Gasteiger partial charge in [0.2, 0.25) is 5.91 Å². The Balaban J connectivity index is 2.13. The molecule has 0 aliphatic carbocycles. The van der Waals surface area contributed by atoms with Gasteiger partial charge < -0.3 is 15.2 Å². The van der Waals surface area contributed by atoms with E-state index in [2.05, 4.69) is 5.32 Å². The maximum absolute atomic E-state index is 10.9. The molecule has 0 unspecified atom stereocenters. The number of hydrogen-bond donors (Lipinski definition) is 2. The van der Waals surface area contributed by atoms with Gasteiger partial charge in [-0.3, -0.25) is 4.79 Å². The van der Waals surface area contributed by atoms with Gasteiger partial charge >= 0.3 is 0 Å². The number of benzene rings is 2. The Morgan fingerprint density at radius 2 is 1.76 bits per heavy atom. The lowest BCUT2D eigenvalue weighted by atomic mass is 10.1. The molecule has 1 amide bonds. The number of anilines is 1. The van der Waals surface area contributed by atoms with Gasteiger partial charge in [0, 0.05) is 18.7 Å². The molecule has 2 aromatic carbocycles. The zero-order valence-corrected chi connectivity index (χ0v) is 12.0. The predicted molar refractivity (Wildman–Crippen MR) is 84.3 cm³/mol. The van der Waals surface area contributed by atoms with Gasteiger partial charge in [-0.25, -0.2) is 0 Å². The average Bonchev–Trinajstić information content (AvgIpc) is 2.45. The van der Waals surface area contributed by atoms with Crippen molar-refractivity contribution in [3.8, 4) is 11.5 Å². The molecule has 0 bridgehead atoms. The lowest BCUT2D eigenvalue weighted by Gasteiger charge is -2.03. The molecule has 4 nitrogen and oxygen atoms in total. The van der Waals surface area contributed by atoms with E-state index in [9.17, 15) is 9.90 Å². The lowest BCUT2D eigenvalue weighted by molar-refractivity contribution is -0.114. The summed E-state index contributed by atoms with van der Waals surface area (Å²) < 4.78 is 5.11. The van der Waals surface area contributed by atoms with Gasteiger partial charge in [-0.05, 0) is 35.4 Å². The zero-order valence-electron chi connectivity index (χ0n) is 12.0. The van der Waals surface area contributed by atoms with Crippen molar-refractivity contribution in [1.82, 2.24) is 0 Å². The SMILES string of the molecule is COc1cc(O)cc(/C=C/c2ccc(NC(C)=O)cc2)c1. The quantitative estimate of drug-likeness (QED) is 0.844. The van der Waals surface area contributed by atoms with Crippen LogP contribution in [0.15, 0.2) is 42.5 Å². The molecule has 2 aromatic rings. The number of amides is 1. The number of phenols is 1. The van der Waals surface area contributed by atoms with Gasteiger partial charge in [-0.1, -0.05) is 24.3 Å². The Morgan fingerprint density at radius 1 is 1.10 bits per heavy atom. The number of hydrogen-bond acceptors (Lipinski definition) is 3. The molecule has 108 valence electrons. The largest absolute Gasteiger partial charge is 0.508 e. The third-order valence-electron chi connectivity index (χ3n) is 2.85. The Kier molecular flexibility index (Phi) is 4.61. The normalized spacial score (nSPS) is 10.6. The number of nitrogens with one attached hydrogen (secondary N) is 1. The summed E-state index contributed by atoms with van der Waals surface area (Å²) in [6, 6.07) is 12.5. The highest BCUT2D eigenvalue weighted by Crippen LogP contribution is 2.23. The number of carbonyl (C=O) groups is 1. The first-order chi connectivity index (χ1) is 10.1. The first-order valence-electron chi connectivity index (χ1n) is 6.50.